The summed E-state index contributed by atoms with van der Waals surface area (Å²) in [5, 5.41) is 8.53. The number of nitrogens with zero attached hydrogens (tertiary/aromatic N) is 2. The fraction of sp³-hybridized carbons (Fsp3) is 0.308. The maximum absolute atomic E-state index is 12.7. The zero-order chi connectivity index (χ0) is 17.4. The lowest BCUT2D eigenvalue weighted by Crippen LogP contribution is -2.14. The van der Waals surface area contributed by atoms with Crippen molar-refractivity contribution >= 4 is 10.0 Å². The van der Waals surface area contributed by atoms with Crippen molar-refractivity contribution in [3.63, 3.8) is 0 Å². The summed E-state index contributed by atoms with van der Waals surface area (Å²) in [7, 11) is -2.77. The Hall–Kier alpha value is -2.07. The lowest BCUT2D eigenvalue weighted by Gasteiger charge is -2.10. The van der Waals surface area contributed by atoms with Gasteiger partial charge in [0.25, 0.3) is 0 Å². The number of primary sulfonamides is 1. The van der Waals surface area contributed by atoms with E-state index in [1.807, 2.05) is 0 Å². The Morgan fingerprint density at radius 2 is 1.96 bits per heavy atom. The molecule has 0 aliphatic carbocycles. The van der Waals surface area contributed by atoms with E-state index in [9.17, 15) is 21.6 Å². The standard InChI is InChI=1S/C13H14F3N3O3S/c1-3-22-10-5-4-8(6-11(10)23(17,20)21)9-7-12(13(14,15)16)18-19(9)2/h4-7H,3H2,1-2H3,(H2,17,20,21). The van der Waals surface area contributed by atoms with Crippen molar-refractivity contribution in [3.05, 3.63) is 30.0 Å². The van der Waals surface area contributed by atoms with Crippen LogP contribution in [0.15, 0.2) is 29.2 Å². The number of alkyl halides is 3. The molecule has 0 spiro atoms. The Labute approximate surface area is 130 Å². The third kappa shape index (κ3) is 3.64. The summed E-state index contributed by atoms with van der Waals surface area (Å²) in [5.74, 6) is 0.0389. The first kappa shape index (κ1) is 17.3. The van der Waals surface area contributed by atoms with E-state index in [0.717, 1.165) is 16.8 Å². The molecule has 0 amide bonds. The Morgan fingerprint density at radius 3 is 2.43 bits per heavy atom. The second-order valence-corrected chi connectivity index (χ2v) is 6.21. The SMILES string of the molecule is CCOc1ccc(-c2cc(C(F)(F)F)nn2C)cc1S(N)(=O)=O. The van der Waals surface area contributed by atoms with Crippen LogP contribution in [-0.2, 0) is 23.2 Å². The van der Waals surface area contributed by atoms with Crippen LogP contribution in [0.2, 0.25) is 0 Å². The molecule has 10 heteroatoms. The topological polar surface area (TPSA) is 87.2 Å². The van der Waals surface area contributed by atoms with Gasteiger partial charge in [0, 0.05) is 12.6 Å². The van der Waals surface area contributed by atoms with Crippen LogP contribution in [-0.4, -0.2) is 24.8 Å². The molecule has 1 aromatic carbocycles. The van der Waals surface area contributed by atoms with Gasteiger partial charge in [0.2, 0.25) is 10.0 Å². The minimum Gasteiger partial charge on any atom is -0.492 e. The molecule has 0 aliphatic heterocycles. The van der Waals surface area contributed by atoms with Gasteiger partial charge in [-0.05, 0) is 31.2 Å². The van der Waals surface area contributed by atoms with Crippen molar-refractivity contribution in [3.8, 4) is 17.0 Å². The predicted octanol–water partition coefficient (Wildman–Crippen LogP) is 2.15. The molecule has 0 aliphatic rings. The quantitative estimate of drug-likeness (QED) is 0.916. The highest BCUT2D eigenvalue weighted by atomic mass is 32.2. The van der Waals surface area contributed by atoms with Crippen molar-refractivity contribution < 1.29 is 26.3 Å². The lowest BCUT2D eigenvalue weighted by molar-refractivity contribution is -0.141. The minimum atomic E-state index is -4.59. The number of ether oxygens (including phenoxy) is 1. The van der Waals surface area contributed by atoms with Crippen molar-refractivity contribution in [2.75, 3.05) is 6.61 Å². The molecule has 0 saturated carbocycles. The normalized spacial score (nSPS) is 12.4. The first-order valence-corrected chi connectivity index (χ1v) is 8.00. The van der Waals surface area contributed by atoms with Gasteiger partial charge in [-0.15, -0.1) is 0 Å². The van der Waals surface area contributed by atoms with E-state index in [1.165, 1.54) is 19.2 Å². The fourth-order valence-electron chi connectivity index (χ4n) is 2.04. The van der Waals surface area contributed by atoms with Gasteiger partial charge < -0.3 is 4.74 Å². The number of benzene rings is 1. The number of sulfonamides is 1. The zero-order valence-corrected chi connectivity index (χ0v) is 13.1. The van der Waals surface area contributed by atoms with Crippen LogP contribution in [0.25, 0.3) is 11.3 Å². The molecule has 0 atom stereocenters. The van der Waals surface area contributed by atoms with Crippen molar-refractivity contribution in [2.24, 2.45) is 12.2 Å². The molecule has 6 nitrogen and oxygen atoms in total. The summed E-state index contributed by atoms with van der Waals surface area (Å²) in [6.07, 6.45) is -4.59. The van der Waals surface area contributed by atoms with Crippen molar-refractivity contribution in [2.45, 2.75) is 18.0 Å². The molecule has 2 N–H and O–H groups in total. The number of hydrogen-bond acceptors (Lipinski definition) is 4. The van der Waals surface area contributed by atoms with Crippen LogP contribution >= 0.6 is 0 Å². The molecular formula is C13H14F3N3O3S. The minimum absolute atomic E-state index is 0.0389. The highest BCUT2D eigenvalue weighted by molar-refractivity contribution is 7.89. The van der Waals surface area contributed by atoms with Crippen LogP contribution in [0.1, 0.15) is 12.6 Å². The number of aryl methyl sites for hydroxylation is 1. The molecule has 1 aromatic heterocycles. The summed E-state index contributed by atoms with van der Waals surface area (Å²) in [6.45, 7) is 1.88. The van der Waals surface area contributed by atoms with E-state index in [1.54, 1.807) is 6.92 Å². The Kier molecular flexibility index (Phi) is 4.40. The maximum atomic E-state index is 12.7. The predicted molar refractivity (Wildman–Crippen MR) is 76.2 cm³/mol. The Balaban J connectivity index is 2.60. The molecule has 2 aromatic rings. The van der Waals surface area contributed by atoms with E-state index in [2.05, 4.69) is 5.10 Å². The monoisotopic (exact) mass is 349 g/mol. The highest BCUT2D eigenvalue weighted by Crippen LogP contribution is 2.33. The number of halogens is 3. The van der Waals surface area contributed by atoms with Gasteiger partial charge in [0.05, 0.1) is 12.3 Å². The summed E-state index contributed by atoms with van der Waals surface area (Å²) in [4.78, 5) is -0.299. The zero-order valence-electron chi connectivity index (χ0n) is 12.3. The molecule has 2 rings (SSSR count). The number of rotatable bonds is 4. The third-order valence-electron chi connectivity index (χ3n) is 3.02. The molecule has 0 saturated heterocycles. The van der Waals surface area contributed by atoms with Gasteiger partial charge >= 0.3 is 6.18 Å². The Morgan fingerprint density at radius 1 is 1.30 bits per heavy atom. The number of aromatic nitrogens is 2. The number of nitrogens with two attached hydrogens (primary N) is 1. The molecule has 0 radical (unpaired) electrons. The fourth-order valence-corrected chi connectivity index (χ4v) is 2.74. The van der Waals surface area contributed by atoms with Gasteiger partial charge in [-0.1, -0.05) is 0 Å². The largest absolute Gasteiger partial charge is 0.492 e. The highest BCUT2D eigenvalue weighted by Gasteiger charge is 2.34. The first-order chi connectivity index (χ1) is 10.5. The third-order valence-corrected chi connectivity index (χ3v) is 3.95. The van der Waals surface area contributed by atoms with E-state index in [0.29, 0.717) is 0 Å². The molecular weight excluding hydrogens is 335 g/mol. The van der Waals surface area contributed by atoms with Crippen molar-refractivity contribution in [1.82, 2.24) is 9.78 Å². The van der Waals surface area contributed by atoms with E-state index < -0.39 is 21.9 Å². The average molecular weight is 349 g/mol. The summed E-state index contributed by atoms with van der Waals surface area (Å²) in [5.41, 5.74) is -0.741. The van der Waals surface area contributed by atoms with Gasteiger partial charge in [-0.3, -0.25) is 4.68 Å². The summed E-state index contributed by atoms with van der Waals surface area (Å²) in [6, 6.07) is 4.79. The molecule has 1 heterocycles. The van der Waals surface area contributed by atoms with Gasteiger partial charge in [0.15, 0.2) is 5.69 Å². The second kappa shape index (κ2) is 5.85. The molecule has 0 bridgehead atoms. The smallest absolute Gasteiger partial charge is 0.435 e. The molecule has 0 unspecified atom stereocenters. The van der Waals surface area contributed by atoms with E-state index in [-0.39, 0.29) is 28.5 Å². The summed E-state index contributed by atoms with van der Waals surface area (Å²) >= 11 is 0. The van der Waals surface area contributed by atoms with E-state index in [4.69, 9.17) is 9.88 Å². The lowest BCUT2D eigenvalue weighted by atomic mass is 10.1. The van der Waals surface area contributed by atoms with Crippen LogP contribution in [0.4, 0.5) is 13.2 Å². The van der Waals surface area contributed by atoms with Crippen LogP contribution in [0.3, 0.4) is 0 Å². The number of hydrogen-bond donors (Lipinski definition) is 1. The van der Waals surface area contributed by atoms with Gasteiger partial charge in [-0.2, -0.15) is 18.3 Å². The average Bonchev–Trinajstić information content (AvgIpc) is 2.80. The van der Waals surface area contributed by atoms with Crippen LogP contribution < -0.4 is 9.88 Å². The van der Waals surface area contributed by atoms with Crippen LogP contribution in [0, 0.1) is 0 Å². The molecule has 126 valence electrons. The Bertz CT molecular complexity index is 829. The first-order valence-electron chi connectivity index (χ1n) is 6.45. The van der Waals surface area contributed by atoms with Crippen molar-refractivity contribution in [1.29, 1.82) is 0 Å². The molecule has 0 fully saturated rings. The summed E-state index contributed by atoms with van der Waals surface area (Å²) < 4.78 is 67.7. The van der Waals surface area contributed by atoms with Gasteiger partial charge in [-0.25, -0.2) is 13.6 Å². The van der Waals surface area contributed by atoms with Crippen LogP contribution in [0.5, 0.6) is 5.75 Å². The second-order valence-electron chi connectivity index (χ2n) is 4.68. The maximum Gasteiger partial charge on any atom is 0.435 e. The molecule has 23 heavy (non-hydrogen) atoms. The van der Waals surface area contributed by atoms with E-state index >= 15 is 0 Å². The van der Waals surface area contributed by atoms with Gasteiger partial charge in [0.1, 0.15) is 10.6 Å².